The Hall–Kier alpha value is -2.96. The lowest BCUT2D eigenvalue weighted by atomic mass is 9.93. The monoisotopic (exact) mass is 336 g/mol. The molecule has 0 saturated heterocycles. The van der Waals surface area contributed by atoms with Crippen LogP contribution in [0.5, 0.6) is 0 Å². The third-order valence-corrected chi connectivity index (χ3v) is 4.70. The number of aryl methyl sites for hydroxylation is 2. The second-order valence-corrected chi connectivity index (χ2v) is 6.36. The Labute approximate surface area is 145 Å². The number of nitrogens with one attached hydrogen (secondary N) is 1. The largest absolute Gasteiger partial charge is 0.344 e. The number of fused-ring (bicyclic) bond motifs is 1. The van der Waals surface area contributed by atoms with E-state index in [0.29, 0.717) is 5.69 Å². The highest BCUT2D eigenvalue weighted by Gasteiger charge is 2.27. The molecule has 1 amide bonds. The van der Waals surface area contributed by atoms with Gasteiger partial charge in [0.05, 0.1) is 17.9 Å². The Balaban J connectivity index is 1.60. The quantitative estimate of drug-likeness (QED) is 0.795. The minimum atomic E-state index is -0.146. The highest BCUT2D eigenvalue weighted by Crippen LogP contribution is 2.30. The van der Waals surface area contributed by atoms with E-state index in [0.717, 1.165) is 42.0 Å². The number of pyridine rings is 1. The molecule has 3 aromatic heterocycles. The summed E-state index contributed by atoms with van der Waals surface area (Å²) in [5.41, 5.74) is 3.59. The van der Waals surface area contributed by atoms with E-state index in [1.807, 2.05) is 43.0 Å². The predicted octanol–water partition coefficient (Wildman–Crippen LogP) is 2.12. The number of amides is 1. The van der Waals surface area contributed by atoms with Crippen LogP contribution in [0.2, 0.25) is 0 Å². The first-order chi connectivity index (χ1) is 12.1. The number of hydrogen-bond donors (Lipinski definition) is 1. The second kappa shape index (κ2) is 6.16. The first kappa shape index (κ1) is 15.6. The fourth-order valence-electron chi connectivity index (χ4n) is 3.29. The molecule has 4 rings (SSSR count). The zero-order valence-corrected chi connectivity index (χ0v) is 14.3. The maximum Gasteiger partial charge on any atom is 0.272 e. The summed E-state index contributed by atoms with van der Waals surface area (Å²) in [6.45, 7) is 1.93. The fourth-order valence-corrected chi connectivity index (χ4v) is 3.29. The van der Waals surface area contributed by atoms with Gasteiger partial charge in [0.1, 0.15) is 5.69 Å². The van der Waals surface area contributed by atoms with Crippen molar-refractivity contribution in [1.29, 1.82) is 0 Å². The van der Waals surface area contributed by atoms with Gasteiger partial charge in [-0.15, -0.1) is 0 Å². The Morgan fingerprint density at radius 3 is 2.96 bits per heavy atom. The minimum absolute atomic E-state index is 0.0453. The van der Waals surface area contributed by atoms with E-state index in [4.69, 9.17) is 0 Å². The SMILES string of the molecule is Cc1cc(C(=O)N[C@H]2CCCc3c2cnn3-c2ccccn2)nn1C. The second-order valence-electron chi connectivity index (χ2n) is 6.36. The van der Waals surface area contributed by atoms with Gasteiger partial charge in [0.15, 0.2) is 5.82 Å². The van der Waals surface area contributed by atoms with E-state index in [-0.39, 0.29) is 11.9 Å². The summed E-state index contributed by atoms with van der Waals surface area (Å²) in [5.74, 6) is 0.656. The molecule has 0 fully saturated rings. The lowest BCUT2D eigenvalue weighted by Gasteiger charge is -2.23. The lowest BCUT2D eigenvalue weighted by Crippen LogP contribution is -2.31. The molecule has 1 aliphatic rings. The Morgan fingerprint density at radius 1 is 1.36 bits per heavy atom. The zero-order chi connectivity index (χ0) is 17.4. The van der Waals surface area contributed by atoms with Crippen molar-refractivity contribution in [1.82, 2.24) is 29.9 Å². The number of aromatic nitrogens is 5. The summed E-state index contributed by atoms with van der Waals surface area (Å²) in [5, 5.41) is 11.9. The van der Waals surface area contributed by atoms with Gasteiger partial charge in [0.2, 0.25) is 0 Å². The van der Waals surface area contributed by atoms with Gasteiger partial charge in [-0.25, -0.2) is 9.67 Å². The van der Waals surface area contributed by atoms with E-state index in [1.54, 1.807) is 16.9 Å². The van der Waals surface area contributed by atoms with Crippen LogP contribution >= 0.6 is 0 Å². The maximum atomic E-state index is 12.5. The molecule has 0 saturated carbocycles. The Kier molecular flexibility index (Phi) is 3.83. The first-order valence-electron chi connectivity index (χ1n) is 8.43. The van der Waals surface area contributed by atoms with Gasteiger partial charge < -0.3 is 5.32 Å². The molecular formula is C18H20N6O. The summed E-state index contributed by atoms with van der Waals surface area (Å²) in [6.07, 6.45) is 6.43. The Morgan fingerprint density at radius 2 is 2.24 bits per heavy atom. The van der Waals surface area contributed by atoms with E-state index >= 15 is 0 Å². The van der Waals surface area contributed by atoms with Gasteiger partial charge in [-0.05, 0) is 44.4 Å². The molecule has 1 aliphatic carbocycles. The van der Waals surface area contributed by atoms with Crippen molar-refractivity contribution in [2.24, 2.45) is 7.05 Å². The topological polar surface area (TPSA) is 77.6 Å². The van der Waals surface area contributed by atoms with Gasteiger partial charge in [0, 0.05) is 24.5 Å². The van der Waals surface area contributed by atoms with Gasteiger partial charge in [-0.1, -0.05) is 6.07 Å². The first-order valence-corrected chi connectivity index (χ1v) is 8.43. The smallest absolute Gasteiger partial charge is 0.272 e. The van der Waals surface area contributed by atoms with Crippen LogP contribution in [0, 0.1) is 6.92 Å². The summed E-state index contributed by atoms with van der Waals surface area (Å²) < 4.78 is 3.58. The zero-order valence-electron chi connectivity index (χ0n) is 14.3. The summed E-state index contributed by atoms with van der Waals surface area (Å²) in [7, 11) is 1.84. The maximum absolute atomic E-state index is 12.5. The molecule has 7 heteroatoms. The van der Waals surface area contributed by atoms with Crippen LogP contribution in [0.1, 0.15) is 46.3 Å². The molecular weight excluding hydrogens is 316 g/mol. The van der Waals surface area contributed by atoms with Crippen LogP contribution in [0.4, 0.5) is 0 Å². The van der Waals surface area contributed by atoms with Crippen molar-refractivity contribution < 1.29 is 4.79 Å². The Bertz CT molecular complexity index is 892. The molecule has 0 spiro atoms. The number of rotatable bonds is 3. The summed E-state index contributed by atoms with van der Waals surface area (Å²) in [6, 6.07) is 7.53. The van der Waals surface area contributed by atoms with Gasteiger partial charge >= 0.3 is 0 Å². The molecule has 3 heterocycles. The standard InChI is InChI=1S/C18H20N6O/c1-12-10-15(22-23(12)2)18(25)21-14-6-5-7-16-13(14)11-20-24(16)17-8-3-4-9-19-17/h3-4,8-11,14H,5-7H2,1-2H3,(H,21,25)/t14-/m0/s1. The van der Waals surface area contributed by atoms with E-state index < -0.39 is 0 Å². The average molecular weight is 336 g/mol. The van der Waals surface area contributed by atoms with Crippen LogP contribution in [-0.4, -0.2) is 30.5 Å². The van der Waals surface area contributed by atoms with Crippen molar-refractivity contribution in [2.45, 2.75) is 32.2 Å². The van der Waals surface area contributed by atoms with Crippen LogP contribution in [-0.2, 0) is 13.5 Å². The molecule has 1 N–H and O–H groups in total. The molecule has 7 nitrogen and oxygen atoms in total. The molecule has 1 atom stereocenters. The van der Waals surface area contributed by atoms with Gasteiger partial charge in [-0.3, -0.25) is 9.48 Å². The molecule has 0 unspecified atom stereocenters. The average Bonchev–Trinajstić information content (AvgIpc) is 3.20. The molecule has 0 aliphatic heterocycles. The predicted molar refractivity (Wildman–Crippen MR) is 92.4 cm³/mol. The van der Waals surface area contributed by atoms with Crippen molar-refractivity contribution in [2.75, 3.05) is 0 Å². The normalized spacial score (nSPS) is 16.5. The molecule has 0 bridgehead atoms. The van der Waals surface area contributed by atoms with Crippen molar-refractivity contribution in [3.63, 3.8) is 0 Å². The number of hydrogen-bond acceptors (Lipinski definition) is 4. The van der Waals surface area contributed by atoms with Crippen molar-refractivity contribution in [3.05, 3.63) is 59.3 Å². The highest BCUT2D eigenvalue weighted by molar-refractivity contribution is 5.92. The molecule has 128 valence electrons. The van der Waals surface area contributed by atoms with Crippen LogP contribution in [0.25, 0.3) is 5.82 Å². The molecule has 0 aromatic carbocycles. The lowest BCUT2D eigenvalue weighted by molar-refractivity contribution is 0.0927. The van der Waals surface area contributed by atoms with E-state index in [1.165, 1.54) is 0 Å². The van der Waals surface area contributed by atoms with Crippen LogP contribution < -0.4 is 5.32 Å². The van der Waals surface area contributed by atoms with Crippen molar-refractivity contribution in [3.8, 4) is 5.82 Å². The molecule has 0 radical (unpaired) electrons. The van der Waals surface area contributed by atoms with Crippen molar-refractivity contribution >= 4 is 5.91 Å². The summed E-state index contributed by atoms with van der Waals surface area (Å²) >= 11 is 0. The molecule has 25 heavy (non-hydrogen) atoms. The van der Waals surface area contributed by atoms with Crippen LogP contribution in [0.15, 0.2) is 36.7 Å². The van der Waals surface area contributed by atoms with E-state index in [2.05, 4.69) is 20.5 Å². The fraction of sp³-hybridized carbons (Fsp3) is 0.333. The van der Waals surface area contributed by atoms with Gasteiger partial charge in [-0.2, -0.15) is 10.2 Å². The van der Waals surface area contributed by atoms with E-state index in [9.17, 15) is 4.79 Å². The number of nitrogens with zero attached hydrogens (tertiary/aromatic N) is 5. The third-order valence-electron chi connectivity index (χ3n) is 4.70. The highest BCUT2D eigenvalue weighted by atomic mass is 16.2. The summed E-state index contributed by atoms with van der Waals surface area (Å²) in [4.78, 5) is 16.9. The number of carbonyl (C=O) groups excluding carboxylic acids is 1. The van der Waals surface area contributed by atoms with Gasteiger partial charge in [0.25, 0.3) is 5.91 Å². The third kappa shape index (κ3) is 2.82. The minimum Gasteiger partial charge on any atom is -0.344 e. The number of carbonyl (C=O) groups is 1. The van der Waals surface area contributed by atoms with Crippen LogP contribution in [0.3, 0.4) is 0 Å². The molecule has 3 aromatic rings.